The van der Waals surface area contributed by atoms with Gasteiger partial charge in [-0.05, 0) is 66.3 Å². The fourth-order valence-corrected chi connectivity index (χ4v) is 3.82. The number of carbonyl (C=O) groups excluding carboxylic acids is 1. The Morgan fingerprint density at radius 2 is 1.96 bits per heavy atom. The van der Waals surface area contributed by atoms with Crippen LogP contribution in [0.25, 0.3) is 22.3 Å². The second-order valence-corrected chi connectivity index (χ2v) is 6.90. The summed E-state index contributed by atoms with van der Waals surface area (Å²) in [7, 11) is 0. The zero-order valence-corrected chi connectivity index (χ0v) is 16.0. The minimum absolute atomic E-state index is 0. The van der Waals surface area contributed by atoms with Crippen molar-refractivity contribution in [3.8, 4) is 11.4 Å². The maximum Gasteiger partial charge on any atom is 0.251 e. The first-order valence-corrected chi connectivity index (χ1v) is 9.14. The normalized spacial score (nSPS) is 12.6. The van der Waals surface area contributed by atoms with Crippen LogP contribution >= 0.6 is 12.4 Å². The van der Waals surface area contributed by atoms with Crippen LogP contribution in [-0.4, -0.2) is 26.1 Å². The summed E-state index contributed by atoms with van der Waals surface area (Å²) in [6.07, 6.45) is 8.44. The van der Waals surface area contributed by atoms with E-state index in [1.807, 2.05) is 36.5 Å². The second kappa shape index (κ2) is 7.48. The van der Waals surface area contributed by atoms with Gasteiger partial charge in [-0.2, -0.15) is 5.10 Å². The van der Waals surface area contributed by atoms with Crippen molar-refractivity contribution in [2.45, 2.75) is 25.8 Å². The SMILES string of the molecule is Cl.O=C(NCc1ccncc1)c1ccc2[nH]c3c(c2c1)CCCc1cn[nH]c1-3. The highest BCUT2D eigenvalue weighted by molar-refractivity contribution is 6.00. The van der Waals surface area contributed by atoms with Gasteiger partial charge in [0.15, 0.2) is 0 Å². The van der Waals surface area contributed by atoms with Gasteiger partial charge < -0.3 is 10.3 Å². The van der Waals surface area contributed by atoms with E-state index >= 15 is 0 Å². The molecule has 0 spiro atoms. The summed E-state index contributed by atoms with van der Waals surface area (Å²) in [4.78, 5) is 20.1. The number of carbonyl (C=O) groups is 1. The third-order valence-electron chi connectivity index (χ3n) is 5.21. The Morgan fingerprint density at radius 3 is 2.82 bits per heavy atom. The van der Waals surface area contributed by atoms with Crippen molar-refractivity contribution in [1.29, 1.82) is 0 Å². The molecule has 6 nitrogen and oxygen atoms in total. The summed E-state index contributed by atoms with van der Waals surface area (Å²) in [5.74, 6) is -0.0699. The van der Waals surface area contributed by atoms with Crippen LogP contribution in [0.1, 0.15) is 33.5 Å². The molecule has 7 heteroatoms. The molecule has 1 aliphatic carbocycles. The molecule has 0 fully saturated rings. The number of H-pyrrole nitrogens is 2. The quantitative estimate of drug-likeness (QED) is 0.495. The van der Waals surface area contributed by atoms with Gasteiger partial charge in [-0.3, -0.25) is 14.9 Å². The lowest BCUT2D eigenvalue weighted by atomic mass is 10.0. The van der Waals surface area contributed by atoms with Gasteiger partial charge in [-0.15, -0.1) is 12.4 Å². The van der Waals surface area contributed by atoms with Gasteiger partial charge >= 0.3 is 0 Å². The summed E-state index contributed by atoms with van der Waals surface area (Å²) in [5, 5.41) is 11.4. The maximum absolute atomic E-state index is 12.6. The van der Waals surface area contributed by atoms with Crippen LogP contribution < -0.4 is 5.32 Å². The molecule has 28 heavy (non-hydrogen) atoms. The second-order valence-electron chi connectivity index (χ2n) is 6.90. The molecular weight excluding hydrogens is 374 g/mol. The molecule has 1 aliphatic rings. The molecule has 1 aromatic carbocycles. The maximum atomic E-state index is 12.6. The average Bonchev–Trinajstić information content (AvgIpc) is 3.27. The van der Waals surface area contributed by atoms with Crippen LogP contribution in [0.15, 0.2) is 48.9 Å². The molecule has 3 heterocycles. The van der Waals surface area contributed by atoms with Gasteiger partial charge in [0.25, 0.3) is 5.91 Å². The van der Waals surface area contributed by atoms with Gasteiger partial charge in [0.05, 0.1) is 17.6 Å². The summed E-state index contributed by atoms with van der Waals surface area (Å²) >= 11 is 0. The largest absolute Gasteiger partial charge is 0.353 e. The van der Waals surface area contributed by atoms with Crippen molar-refractivity contribution in [3.05, 3.63) is 71.2 Å². The molecule has 4 aromatic rings. The predicted molar refractivity (Wildman–Crippen MR) is 111 cm³/mol. The van der Waals surface area contributed by atoms with Crippen molar-refractivity contribution in [1.82, 2.24) is 25.5 Å². The molecule has 0 bridgehead atoms. The zero-order valence-electron chi connectivity index (χ0n) is 15.2. The molecular formula is C21H20ClN5O. The fraction of sp³-hybridized carbons (Fsp3) is 0.190. The summed E-state index contributed by atoms with van der Waals surface area (Å²) < 4.78 is 0. The Kier molecular flexibility index (Phi) is 4.88. The van der Waals surface area contributed by atoms with Crippen molar-refractivity contribution in [2.24, 2.45) is 0 Å². The van der Waals surface area contributed by atoms with E-state index in [0.29, 0.717) is 12.1 Å². The van der Waals surface area contributed by atoms with E-state index in [2.05, 4.69) is 25.5 Å². The topological polar surface area (TPSA) is 86.5 Å². The minimum atomic E-state index is -0.0699. The van der Waals surface area contributed by atoms with Gasteiger partial charge in [0.2, 0.25) is 0 Å². The summed E-state index contributed by atoms with van der Waals surface area (Å²) in [5.41, 5.74) is 7.43. The highest BCUT2D eigenvalue weighted by Gasteiger charge is 2.21. The highest BCUT2D eigenvalue weighted by atomic mass is 35.5. The van der Waals surface area contributed by atoms with Crippen LogP contribution in [0.5, 0.6) is 0 Å². The molecule has 0 aliphatic heterocycles. The lowest BCUT2D eigenvalue weighted by Crippen LogP contribution is -2.22. The number of benzene rings is 1. The van der Waals surface area contributed by atoms with E-state index < -0.39 is 0 Å². The lowest BCUT2D eigenvalue weighted by molar-refractivity contribution is 0.0951. The molecule has 0 saturated heterocycles. The standard InChI is InChI=1S/C21H19N5O.ClH/c27-21(23-11-13-6-8-22-9-7-13)14-4-5-18-17(10-14)16-3-1-2-15-12-24-26-19(15)20(16)25-18;/h4-10,12,25H,1-3,11H2,(H,23,27)(H,24,26);1H. The Labute approximate surface area is 168 Å². The summed E-state index contributed by atoms with van der Waals surface area (Å²) in [6.45, 7) is 0.488. The number of fused-ring (bicyclic) bond motifs is 5. The summed E-state index contributed by atoms with van der Waals surface area (Å²) in [6, 6.07) is 9.65. The Balaban J connectivity index is 0.00000192. The molecule has 0 saturated carbocycles. The van der Waals surface area contributed by atoms with Crippen LogP contribution in [0.4, 0.5) is 0 Å². The number of hydrogen-bond donors (Lipinski definition) is 3. The zero-order chi connectivity index (χ0) is 18.2. The van der Waals surface area contributed by atoms with E-state index in [-0.39, 0.29) is 18.3 Å². The minimum Gasteiger partial charge on any atom is -0.353 e. The first-order valence-electron chi connectivity index (χ1n) is 9.14. The molecule has 5 rings (SSSR count). The van der Waals surface area contributed by atoms with Crippen molar-refractivity contribution in [3.63, 3.8) is 0 Å². The molecule has 142 valence electrons. The number of pyridine rings is 1. The number of aryl methyl sites for hydroxylation is 2. The van der Waals surface area contributed by atoms with Crippen LogP contribution in [0, 0.1) is 0 Å². The highest BCUT2D eigenvalue weighted by Crippen LogP contribution is 2.35. The number of aromatic amines is 2. The fourth-order valence-electron chi connectivity index (χ4n) is 3.82. The first-order chi connectivity index (χ1) is 13.3. The third kappa shape index (κ3) is 3.16. The van der Waals surface area contributed by atoms with Gasteiger partial charge in [-0.25, -0.2) is 0 Å². The number of hydrogen-bond acceptors (Lipinski definition) is 3. The van der Waals surface area contributed by atoms with E-state index in [1.165, 1.54) is 11.1 Å². The molecule has 3 aromatic heterocycles. The van der Waals surface area contributed by atoms with E-state index in [4.69, 9.17) is 0 Å². The Hall–Kier alpha value is -3.12. The van der Waals surface area contributed by atoms with Crippen molar-refractivity contribution in [2.75, 3.05) is 0 Å². The first kappa shape index (κ1) is 18.3. The number of aromatic nitrogens is 4. The number of nitrogens with zero attached hydrogens (tertiary/aromatic N) is 2. The number of halogens is 1. The molecule has 3 N–H and O–H groups in total. The molecule has 0 unspecified atom stereocenters. The van der Waals surface area contributed by atoms with E-state index in [1.54, 1.807) is 12.4 Å². The van der Waals surface area contributed by atoms with Crippen LogP contribution in [0.2, 0.25) is 0 Å². The number of nitrogens with one attached hydrogen (secondary N) is 3. The van der Waals surface area contributed by atoms with E-state index in [9.17, 15) is 4.79 Å². The Bertz CT molecular complexity index is 1130. The number of amides is 1. The van der Waals surface area contributed by atoms with Crippen LogP contribution in [-0.2, 0) is 19.4 Å². The number of rotatable bonds is 3. The molecule has 1 amide bonds. The van der Waals surface area contributed by atoms with Gasteiger partial charge in [-0.1, -0.05) is 0 Å². The van der Waals surface area contributed by atoms with Crippen molar-refractivity contribution < 1.29 is 4.79 Å². The Morgan fingerprint density at radius 1 is 1.11 bits per heavy atom. The predicted octanol–water partition coefficient (Wildman–Crippen LogP) is 3.79. The molecule has 0 atom stereocenters. The van der Waals surface area contributed by atoms with Crippen molar-refractivity contribution >= 4 is 29.2 Å². The average molecular weight is 394 g/mol. The monoisotopic (exact) mass is 393 g/mol. The molecule has 0 radical (unpaired) electrons. The third-order valence-corrected chi connectivity index (χ3v) is 5.21. The van der Waals surface area contributed by atoms with Gasteiger partial charge in [0.1, 0.15) is 0 Å². The lowest BCUT2D eigenvalue weighted by Gasteiger charge is -2.06. The van der Waals surface area contributed by atoms with E-state index in [0.717, 1.165) is 47.1 Å². The van der Waals surface area contributed by atoms with Gasteiger partial charge in [0, 0.05) is 35.4 Å². The smallest absolute Gasteiger partial charge is 0.251 e. The van der Waals surface area contributed by atoms with Crippen LogP contribution in [0.3, 0.4) is 0 Å².